The average Bonchev–Trinajstić information content (AvgIpc) is 3.51. The maximum atomic E-state index is 13.8. The molecule has 13 heteroatoms. The van der Waals surface area contributed by atoms with Crippen molar-refractivity contribution in [3.05, 3.63) is 65.6 Å². The molecular formula is C21H14F6N6O. The molecular weight excluding hydrogens is 466 g/mol. The lowest BCUT2D eigenvalue weighted by Gasteiger charge is -2.24. The SMILES string of the molecule is Cc1nc2c(c(-n3ccc(-c4cnco4)n3)n1)CCN2c1ccc(C(F)(F)F)cc1C(F)(F)F. The molecule has 1 aliphatic heterocycles. The lowest BCUT2D eigenvalue weighted by molar-refractivity contribution is -0.142. The van der Waals surface area contributed by atoms with Gasteiger partial charge in [0.15, 0.2) is 18.0 Å². The Hall–Kier alpha value is -3.90. The van der Waals surface area contributed by atoms with Crippen molar-refractivity contribution in [2.45, 2.75) is 25.7 Å². The summed E-state index contributed by atoms with van der Waals surface area (Å²) in [6, 6.07) is 3.25. The van der Waals surface area contributed by atoms with Crippen LogP contribution in [0.4, 0.5) is 37.8 Å². The Kier molecular flexibility index (Phi) is 4.88. The summed E-state index contributed by atoms with van der Waals surface area (Å²) in [4.78, 5) is 13.8. The van der Waals surface area contributed by atoms with E-state index < -0.39 is 29.2 Å². The quantitative estimate of drug-likeness (QED) is 0.368. The van der Waals surface area contributed by atoms with E-state index in [1.165, 1.54) is 22.2 Å². The van der Waals surface area contributed by atoms with Gasteiger partial charge in [0.25, 0.3) is 0 Å². The highest BCUT2D eigenvalue weighted by Crippen LogP contribution is 2.44. The number of oxazole rings is 1. The first kappa shape index (κ1) is 21.9. The molecule has 0 bridgehead atoms. The molecule has 4 aromatic rings. The number of benzene rings is 1. The second-order valence-electron chi connectivity index (χ2n) is 7.54. The smallest absolute Gasteiger partial charge is 0.418 e. The number of hydrogen-bond acceptors (Lipinski definition) is 6. The van der Waals surface area contributed by atoms with Crippen molar-refractivity contribution in [3.8, 4) is 17.3 Å². The predicted octanol–water partition coefficient (Wildman–Crippen LogP) is 5.36. The van der Waals surface area contributed by atoms with Gasteiger partial charge in [-0.05, 0) is 37.6 Å². The summed E-state index contributed by atoms with van der Waals surface area (Å²) in [5.41, 5.74) is -2.19. The highest BCUT2D eigenvalue weighted by Gasteiger charge is 2.41. The van der Waals surface area contributed by atoms with Gasteiger partial charge < -0.3 is 9.32 Å². The normalized spacial score (nSPS) is 14.0. The van der Waals surface area contributed by atoms with Crippen LogP contribution in [-0.4, -0.2) is 31.3 Å². The van der Waals surface area contributed by atoms with E-state index in [0.29, 0.717) is 28.9 Å². The third-order valence-electron chi connectivity index (χ3n) is 5.33. The Morgan fingerprint density at radius 1 is 0.971 bits per heavy atom. The number of nitrogens with zero attached hydrogens (tertiary/aromatic N) is 6. The maximum Gasteiger partial charge on any atom is 0.418 e. The highest BCUT2D eigenvalue weighted by atomic mass is 19.4. The fourth-order valence-corrected chi connectivity index (χ4v) is 3.86. The number of alkyl halides is 6. The minimum Gasteiger partial charge on any atom is -0.442 e. The number of aryl methyl sites for hydroxylation is 1. The van der Waals surface area contributed by atoms with Gasteiger partial charge >= 0.3 is 12.4 Å². The Morgan fingerprint density at radius 2 is 1.74 bits per heavy atom. The van der Waals surface area contributed by atoms with Crippen LogP contribution in [0.1, 0.15) is 22.5 Å². The third kappa shape index (κ3) is 3.76. The van der Waals surface area contributed by atoms with Gasteiger partial charge in [-0.2, -0.15) is 31.4 Å². The van der Waals surface area contributed by atoms with Crippen LogP contribution in [-0.2, 0) is 18.8 Å². The van der Waals surface area contributed by atoms with Crippen molar-refractivity contribution in [1.29, 1.82) is 0 Å². The van der Waals surface area contributed by atoms with Crippen LogP contribution in [0.3, 0.4) is 0 Å². The van der Waals surface area contributed by atoms with Crippen molar-refractivity contribution < 1.29 is 30.8 Å². The zero-order valence-electron chi connectivity index (χ0n) is 17.3. The summed E-state index contributed by atoms with van der Waals surface area (Å²) < 4.78 is 87.2. The number of fused-ring (bicyclic) bond motifs is 1. The molecule has 1 aromatic carbocycles. The van der Waals surface area contributed by atoms with Crippen molar-refractivity contribution in [3.63, 3.8) is 0 Å². The number of halogens is 6. The Labute approximate surface area is 187 Å². The van der Waals surface area contributed by atoms with Gasteiger partial charge in [0.05, 0.1) is 23.0 Å². The van der Waals surface area contributed by atoms with Crippen LogP contribution < -0.4 is 4.90 Å². The van der Waals surface area contributed by atoms with Crippen LogP contribution in [0.15, 0.2) is 47.5 Å². The molecule has 0 radical (unpaired) electrons. The molecule has 0 unspecified atom stereocenters. The molecule has 1 aliphatic rings. The zero-order valence-corrected chi connectivity index (χ0v) is 17.3. The first-order valence-electron chi connectivity index (χ1n) is 9.91. The predicted molar refractivity (Wildman–Crippen MR) is 107 cm³/mol. The monoisotopic (exact) mass is 480 g/mol. The first-order chi connectivity index (χ1) is 16.0. The molecule has 5 rings (SSSR count). The van der Waals surface area contributed by atoms with Gasteiger partial charge in [-0.25, -0.2) is 19.6 Å². The summed E-state index contributed by atoms with van der Waals surface area (Å²) in [5.74, 6) is 1.22. The number of hydrogen-bond donors (Lipinski definition) is 0. The second-order valence-corrected chi connectivity index (χ2v) is 7.54. The highest BCUT2D eigenvalue weighted by molar-refractivity contribution is 5.72. The van der Waals surface area contributed by atoms with E-state index in [-0.39, 0.29) is 30.7 Å². The van der Waals surface area contributed by atoms with E-state index in [0.717, 1.165) is 6.07 Å². The molecule has 34 heavy (non-hydrogen) atoms. The average molecular weight is 480 g/mol. The summed E-state index contributed by atoms with van der Waals surface area (Å²) >= 11 is 0. The van der Waals surface area contributed by atoms with E-state index >= 15 is 0 Å². The summed E-state index contributed by atoms with van der Waals surface area (Å²) in [6.45, 7) is 1.64. The Morgan fingerprint density at radius 3 is 2.41 bits per heavy atom. The molecule has 3 aromatic heterocycles. The minimum absolute atomic E-state index is 0.0745. The molecule has 0 spiro atoms. The summed E-state index contributed by atoms with van der Waals surface area (Å²) in [7, 11) is 0. The van der Waals surface area contributed by atoms with Gasteiger partial charge in [-0.1, -0.05) is 0 Å². The molecule has 0 N–H and O–H groups in total. The van der Waals surface area contributed by atoms with Gasteiger partial charge in [0, 0.05) is 18.3 Å². The van der Waals surface area contributed by atoms with Gasteiger partial charge in [-0.15, -0.1) is 0 Å². The topological polar surface area (TPSA) is 72.9 Å². The van der Waals surface area contributed by atoms with Gasteiger partial charge in [-0.3, -0.25) is 0 Å². The molecule has 0 atom stereocenters. The van der Waals surface area contributed by atoms with Crippen molar-refractivity contribution in [2.75, 3.05) is 11.4 Å². The summed E-state index contributed by atoms with van der Waals surface area (Å²) in [5, 5.41) is 4.40. The van der Waals surface area contributed by atoms with Gasteiger partial charge in [0.1, 0.15) is 17.3 Å². The molecule has 0 amide bonds. The van der Waals surface area contributed by atoms with Crippen molar-refractivity contribution >= 4 is 11.5 Å². The molecule has 7 nitrogen and oxygen atoms in total. The molecule has 176 valence electrons. The fourth-order valence-electron chi connectivity index (χ4n) is 3.86. The molecule has 4 heterocycles. The number of rotatable bonds is 3. The Balaban J connectivity index is 1.61. The van der Waals surface area contributed by atoms with Crippen LogP contribution in [0, 0.1) is 6.92 Å². The fraction of sp³-hybridized carbons (Fsp3) is 0.238. The van der Waals surface area contributed by atoms with Crippen LogP contribution in [0.5, 0.6) is 0 Å². The zero-order chi connectivity index (χ0) is 24.3. The van der Waals surface area contributed by atoms with E-state index in [1.807, 2.05) is 0 Å². The molecule has 0 saturated heterocycles. The Bertz CT molecular complexity index is 1360. The maximum absolute atomic E-state index is 13.8. The van der Waals surface area contributed by atoms with Crippen LogP contribution >= 0.6 is 0 Å². The number of aromatic nitrogens is 5. The van der Waals surface area contributed by atoms with Crippen molar-refractivity contribution in [2.24, 2.45) is 0 Å². The van der Waals surface area contributed by atoms with Crippen LogP contribution in [0.25, 0.3) is 17.3 Å². The second kappa shape index (κ2) is 7.57. The van der Waals surface area contributed by atoms with Gasteiger partial charge in [0.2, 0.25) is 0 Å². The first-order valence-corrected chi connectivity index (χ1v) is 9.91. The van der Waals surface area contributed by atoms with E-state index in [2.05, 4.69) is 20.1 Å². The number of anilines is 2. The molecule has 0 saturated carbocycles. The third-order valence-corrected chi connectivity index (χ3v) is 5.33. The lowest BCUT2D eigenvalue weighted by Crippen LogP contribution is -2.21. The van der Waals surface area contributed by atoms with E-state index in [9.17, 15) is 26.3 Å². The van der Waals surface area contributed by atoms with Crippen molar-refractivity contribution in [1.82, 2.24) is 24.7 Å². The summed E-state index contributed by atoms with van der Waals surface area (Å²) in [6.07, 6.45) is -5.30. The van der Waals surface area contributed by atoms with E-state index in [4.69, 9.17) is 4.42 Å². The lowest BCUT2D eigenvalue weighted by atomic mass is 10.1. The van der Waals surface area contributed by atoms with E-state index in [1.54, 1.807) is 19.2 Å². The van der Waals surface area contributed by atoms with Crippen LogP contribution in [0.2, 0.25) is 0 Å². The molecule has 0 fully saturated rings. The standard InChI is InChI=1S/C21H14F6N6O/c1-11-29-18-13(19(30-11)33-7-5-15(31-33)17-9-28-10-34-17)4-6-32(18)16-3-2-12(20(22,23)24)8-14(16)21(25,26)27/h2-3,5,7-10H,4,6H2,1H3. The largest absolute Gasteiger partial charge is 0.442 e. The minimum atomic E-state index is -5.00. The molecule has 0 aliphatic carbocycles.